The molecule has 0 atom stereocenters. The van der Waals surface area contributed by atoms with Crippen LogP contribution in [0.15, 0.2) is 18.2 Å². The van der Waals surface area contributed by atoms with E-state index in [4.69, 9.17) is 11.0 Å². The summed E-state index contributed by atoms with van der Waals surface area (Å²) in [5.41, 5.74) is 9.98. The molecular weight excluding hydrogens is 252 g/mol. The van der Waals surface area contributed by atoms with E-state index in [1.165, 1.54) is 0 Å². The fourth-order valence-electron chi connectivity index (χ4n) is 2.16. The van der Waals surface area contributed by atoms with Crippen LogP contribution < -0.4 is 5.73 Å². The van der Waals surface area contributed by atoms with Gasteiger partial charge >= 0.3 is 0 Å². The van der Waals surface area contributed by atoms with Crippen molar-refractivity contribution in [2.75, 3.05) is 5.73 Å². The van der Waals surface area contributed by atoms with Crippen molar-refractivity contribution in [1.29, 1.82) is 5.26 Å². The van der Waals surface area contributed by atoms with Crippen molar-refractivity contribution in [1.82, 2.24) is 9.97 Å². The second kappa shape index (κ2) is 5.57. The molecule has 102 valence electrons. The molecule has 3 N–H and O–H groups in total. The van der Waals surface area contributed by atoms with Crippen LogP contribution in [-0.2, 0) is 12.8 Å². The fraction of sp³-hybridized carbons (Fsp3) is 0.267. The molecule has 5 heteroatoms. The van der Waals surface area contributed by atoms with Crippen LogP contribution in [0.4, 0.5) is 5.95 Å². The molecule has 0 amide bonds. The second-order valence-electron chi connectivity index (χ2n) is 4.74. The average Bonchev–Trinajstić information content (AvgIpc) is 2.36. The Labute approximate surface area is 117 Å². The Balaban J connectivity index is 2.34. The molecule has 0 aliphatic carbocycles. The first kappa shape index (κ1) is 13.8. The maximum Gasteiger partial charge on any atom is 0.223 e. The molecule has 20 heavy (non-hydrogen) atoms. The van der Waals surface area contributed by atoms with Gasteiger partial charge < -0.3 is 10.8 Å². The van der Waals surface area contributed by atoms with E-state index in [1.807, 2.05) is 25.1 Å². The molecule has 1 aromatic carbocycles. The van der Waals surface area contributed by atoms with Gasteiger partial charge in [0.15, 0.2) is 0 Å². The summed E-state index contributed by atoms with van der Waals surface area (Å²) >= 11 is 0. The Morgan fingerprint density at radius 2 is 2.05 bits per heavy atom. The Bertz CT molecular complexity index is 666. The first-order valence-corrected chi connectivity index (χ1v) is 6.28. The number of nitrogen functional groups attached to an aromatic ring is 1. The van der Waals surface area contributed by atoms with Crippen LogP contribution in [0.25, 0.3) is 0 Å². The minimum absolute atomic E-state index is 0.0736. The maximum absolute atomic E-state index is 9.89. The van der Waals surface area contributed by atoms with Gasteiger partial charge in [-0.15, -0.1) is 0 Å². The molecule has 0 saturated heterocycles. The number of nitrogens with zero attached hydrogens (tertiary/aromatic N) is 3. The summed E-state index contributed by atoms with van der Waals surface area (Å²) in [7, 11) is 0. The lowest BCUT2D eigenvalue weighted by molar-refractivity contribution is 0.446. The van der Waals surface area contributed by atoms with Crippen LogP contribution in [0.5, 0.6) is 5.88 Å². The Morgan fingerprint density at radius 3 is 2.65 bits per heavy atom. The zero-order valence-corrected chi connectivity index (χ0v) is 11.5. The van der Waals surface area contributed by atoms with Crippen LogP contribution in [0, 0.1) is 25.2 Å². The van der Waals surface area contributed by atoms with Gasteiger partial charge in [0.1, 0.15) is 0 Å². The molecule has 0 radical (unpaired) electrons. The highest BCUT2D eigenvalue weighted by Gasteiger charge is 2.11. The smallest absolute Gasteiger partial charge is 0.223 e. The minimum Gasteiger partial charge on any atom is -0.493 e. The first-order valence-electron chi connectivity index (χ1n) is 6.28. The normalized spacial score (nSPS) is 10.2. The number of aryl methyl sites for hydroxylation is 2. The summed E-state index contributed by atoms with van der Waals surface area (Å²) < 4.78 is 0. The molecular formula is C15H16N4O. The van der Waals surface area contributed by atoms with Crippen molar-refractivity contribution < 1.29 is 5.11 Å². The van der Waals surface area contributed by atoms with Crippen molar-refractivity contribution in [3.05, 3.63) is 46.1 Å². The Kier molecular flexibility index (Phi) is 3.85. The lowest BCUT2D eigenvalue weighted by Gasteiger charge is -2.11. The predicted molar refractivity (Wildman–Crippen MR) is 76.1 cm³/mol. The van der Waals surface area contributed by atoms with Crippen molar-refractivity contribution in [3.63, 3.8) is 0 Å². The zero-order valence-electron chi connectivity index (χ0n) is 11.5. The maximum atomic E-state index is 9.89. The fourth-order valence-corrected chi connectivity index (χ4v) is 2.16. The van der Waals surface area contributed by atoms with Gasteiger partial charge in [0, 0.05) is 12.0 Å². The molecule has 0 aliphatic heterocycles. The molecule has 0 fully saturated rings. The molecule has 1 aromatic heterocycles. The van der Waals surface area contributed by atoms with E-state index in [-0.39, 0.29) is 11.8 Å². The lowest BCUT2D eigenvalue weighted by Crippen LogP contribution is -2.03. The van der Waals surface area contributed by atoms with Crippen molar-refractivity contribution in [2.24, 2.45) is 0 Å². The molecule has 0 saturated carbocycles. The van der Waals surface area contributed by atoms with Crippen molar-refractivity contribution in [2.45, 2.75) is 26.7 Å². The van der Waals surface area contributed by atoms with Gasteiger partial charge in [-0.05, 0) is 30.5 Å². The van der Waals surface area contributed by atoms with E-state index >= 15 is 0 Å². The molecule has 2 aromatic rings. The highest BCUT2D eigenvalue weighted by molar-refractivity contribution is 5.41. The molecule has 0 unspecified atom stereocenters. The van der Waals surface area contributed by atoms with E-state index in [9.17, 15) is 5.11 Å². The number of hydrogen-bond donors (Lipinski definition) is 2. The molecule has 0 aliphatic rings. The van der Waals surface area contributed by atoms with E-state index < -0.39 is 0 Å². The summed E-state index contributed by atoms with van der Waals surface area (Å²) in [4.78, 5) is 7.86. The van der Waals surface area contributed by atoms with E-state index in [0.717, 1.165) is 16.7 Å². The second-order valence-corrected chi connectivity index (χ2v) is 4.74. The van der Waals surface area contributed by atoms with Gasteiger partial charge in [-0.25, -0.2) is 4.98 Å². The topological polar surface area (TPSA) is 95.8 Å². The largest absolute Gasteiger partial charge is 0.493 e. The van der Waals surface area contributed by atoms with Gasteiger partial charge in [-0.1, -0.05) is 18.2 Å². The predicted octanol–water partition coefficient (Wildman–Crippen LogP) is 2.04. The molecule has 5 nitrogen and oxygen atoms in total. The molecule has 0 bridgehead atoms. The zero-order chi connectivity index (χ0) is 14.7. The third-order valence-corrected chi connectivity index (χ3v) is 3.27. The average molecular weight is 268 g/mol. The number of aromatic hydroxyl groups is 1. The molecule has 2 rings (SSSR count). The molecule has 1 heterocycles. The third kappa shape index (κ3) is 2.86. The van der Waals surface area contributed by atoms with Crippen LogP contribution in [0.3, 0.4) is 0 Å². The van der Waals surface area contributed by atoms with Gasteiger partial charge in [0.05, 0.1) is 18.2 Å². The van der Waals surface area contributed by atoms with E-state index in [0.29, 0.717) is 24.1 Å². The number of benzene rings is 1. The summed E-state index contributed by atoms with van der Waals surface area (Å²) in [6, 6.07) is 8.02. The van der Waals surface area contributed by atoms with E-state index in [2.05, 4.69) is 16.0 Å². The lowest BCUT2D eigenvalue weighted by atomic mass is 9.97. The standard InChI is InChI=1S/C15H16N4O/c1-9-7-11(5-6-16)3-4-12(9)8-13-10(2)18-15(17)19-14(13)20/h3-4,7H,5,8H2,1-2H3,(H3,17,18,19,20). The third-order valence-electron chi connectivity index (χ3n) is 3.27. The highest BCUT2D eigenvalue weighted by atomic mass is 16.3. The quantitative estimate of drug-likeness (QED) is 0.888. The number of nitriles is 1. The van der Waals surface area contributed by atoms with Crippen LogP contribution >= 0.6 is 0 Å². The first-order chi connectivity index (χ1) is 9.51. The summed E-state index contributed by atoms with van der Waals surface area (Å²) in [5.74, 6) is 0.000316. The SMILES string of the molecule is Cc1cc(CC#N)ccc1Cc1c(C)nc(N)nc1O. The van der Waals surface area contributed by atoms with Gasteiger partial charge in [0.25, 0.3) is 0 Å². The minimum atomic E-state index is -0.0736. The van der Waals surface area contributed by atoms with Crippen LogP contribution in [-0.4, -0.2) is 15.1 Å². The number of nitrogens with two attached hydrogens (primary N) is 1. The van der Waals surface area contributed by atoms with Crippen LogP contribution in [0.1, 0.15) is 27.9 Å². The summed E-state index contributed by atoms with van der Waals surface area (Å²) in [6.45, 7) is 3.78. The van der Waals surface area contributed by atoms with E-state index in [1.54, 1.807) is 6.92 Å². The summed E-state index contributed by atoms with van der Waals surface area (Å²) in [5, 5.41) is 18.6. The monoisotopic (exact) mass is 268 g/mol. The number of hydrogen-bond acceptors (Lipinski definition) is 5. The number of rotatable bonds is 3. The number of aromatic nitrogens is 2. The van der Waals surface area contributed by atoms with Gasteiger partial charge in [-0.3, -0.25) is 0 Å². The Hall–Kier alpha value is -2.61. The highest BCUT2D eigenvalue weighted by Crippen LogP contribution is 2.23. The summed E-state index contributed by atoms with van der Waals surface area (Å²) in [6.07, 6.45) is 0.937. The van der Waals surface area contributed by atoms with Gasteiger partial charge in [0.2, 0.25) is 11.8 Å². The van der Waals surface area contributed by atoms with Gasteiger partial charge in [-0.2, -0.15) is 10.2 Å². The van der Waals surface area contributed by atoms with Crippen molar-refractivity contribution >= 4 is 5.95 Å². The Morgan fingerprint density at radius 1 is 1.30 bits per heavy atom. The van der Waals surface area contributed by atoms with Crippen LogP contribution in [0.2, 0.25) is 0 Å². The van der Waals surface area contributed by atoms with Crippen molar-refractivity contribution in [3.8, 4) is 11.9 Å². The molecule has 0 spiro atoms. The number of anilines is 1.